The summed E-state index contributed by atoms with van der Waals surface area (Å²) in [5.74, 6) is 0. The maximum atomic E-state index is 10.8. The first-order chi connectivity index (χ1) is 7.87. The third-order valence-electron chi connectivity index (χ3n) is 3.22. The zero-order valence-electron chi connectivity index (χ0n) is 10.9. The van der Waals surface area contributed by atoms with Crippen LogP contribution in [0.4, 0.5) is 0 Å². The SMILES string of the molecule is CCC1(O)C=C(C(C)(C)C)[Te]c2ccccc21. The van der Waals surface area contributed by atoms with E-state index in [1.165, 1.54) is 7.23 Å². The Morgan fingerprint density at radius 1 is 1.24 bits per heavy atom. The Balaban J connectivity index is 2.55. The summed E-state index contributed by atoms with van der Waals surface area (Å²) in [5, 5.41) is 10.8. The molecule has 1 N–H and O–H groups in total. The van der Waals surface area contributed by atoms with Crippen molar-refractivity contribution in [3.05, 3.63) is 39.5 Å². The van der Waals surface area contributed by atoms with Crippen LogP contribution in [0.2, 0.25) is 0 Å². The van der Waals surface area contributed by atoms with Crippen molar-refractivity contribution in [3.8, 4) is 0 Å². The molecule has 1 atom stereocenters. The molecule has 1 aromatic rings. The molecular formula is C15H20OTe. The first kappa shape index (κ1) is 13.1. The van der Waals surface area contributed by atoms with Crippen molar-refractivity contribution < 1.29 is 5.11 Å². The van der Waals surface area contributed by atoms with E-state index in [0.29, 0.717) is 0 Å². The van der Waals surface area contributed by atoms with Gasteiger partial charge in [-0.25, -0.2) is 0 Å². The summed E-state index contributed by atoms with van der Waals surface area (Å²) in [5.41, 5.74) is 0.569. The van der Waals surface area contributed by atoms with E-state index >= 15 is 0 Å². The van der Waals surface area contributed by atoms with Gasteiger partial charge in [-0.15, -0.1) is 0 Å². The summed E-state index contributed by atoms with van der Waals surface area (Å²) in [7, 11) is 0. The molecule has 0 spiro atoms. The normalized spacial score (nSPS) is 24.2. The molecule has 0 saturated heterocycles. The van der Waals surface area contributed by atoms with Crippen molar-refractivity contribution >= 4 is 24.5 Å². The van der Waals surface area contributed by atoms with Crippen LogP contribution in [0, 0.1) is 5.41 Å². The average molecular weight is 344 g/mol. The van der Waals surface area contributed by atoms with E-state index in [1.54, 1.807) is 0 Å². The number of hydrogen-bond donors (Lipinski definition) is 1. The van der Waals surface area contributed by atoms with E-state index in [-0.39, 0.29) is 26.3 Å². The summed E-state index contributed by atoms with van der Waals surface area (Å²) in [4.78, 5) is 0. The average Bonchev–Trinajstić information content (AvgIpc) is 2.28. The standard InChI is InChI=1S/C15H20OTe/c1-5-15(16)10-13(14(2,3)4)17-12-9-7-6-8-11(12)15/h6-10,16H,5H2,1-4H3. The molecule has 0 saturated carbocycles. The Hall–Kier alpha value is -0.290. The fourth-order valence-electron chi connectivity index (χ4n) is 2.02. The molecule has 1 unspecified atom stereocenters. The Labute approximate surface area is 114 Å². The number of benzene rings is 1. The van der Waals surface area contributed by atoms with Crippen molar-refractivity contribution in [2.45, 2.75) is 39.7 Å². The van der Waals surface area contributed by atoms with E-state index in [0.717, 1.165) is 12.0 Å². The molecule has 0 bridgehead atoms. The molecule has 1 aliphatic rings. The molecule has 1 aliphatic heterocycles. The molecular weight excluding hydrogens is 324 g/mol. The molecule has 0 fully saturated rings. The number of aliphatic hydroxyl groups is 1. The maximum absolute atomic E-state index is 10.8. The second-order valence-electron chi connectivity index (χ2n) is 5.63. The Morgan fingerprint density at radius 2 is 1.88 bits per heavy atom. The second kappa shape index (κ2) is 4.43. The number of fused-ring (bicyclic) bond motifs is 1. The van der Waals surface area contributed by atoms with Crippen LogP contribution in [-0.4, -0.2) is 26.0 Å². The Morgan fingerprint density at radius 3 is 2.47 bits per heavy atom. The molecule has 1 aromatic carbocycles. The minimum absolute atomic E-state index is 0.179. The van der Waals surface area contributed by atoms with Crippen molar-refractivity contribution in [2.24, 2.45) is 5.41 Å². The van der Waals surface area contributed by atoms with Gasteiger partial charge in [0.2, 0.25) is 0 Å². The van der Waals surface area contributed by atoms with Crippen molar-refractivity contribution in [3.63, 3.8) is 0 Å². The predicted octanol–water partition coefficient (Wildman–Crippen LogP) is 2.56. The molecule has 1 heterocycles. The van der Waals surface area contributed by atoms with Crippen LogP contribution in [0.25, 0.3) is 0 Å². The summed E-state index contributed by atoms with van der Waals surface area (Å²) < 4.78 is 2.86. The van der Waals surface area contributed by atoms with Crippen LogP contribution in [0.15, 0.2) is 34.0 Å². The monoisotopic (exact) mass is 346 g/mol. The molecule has 0 aliphatic carbocycles. The van der Waals surface area contributed by atoms with E-state index in [1.807, 2.05) is 6.07 Å². The van der Waals surface area contributed by atoms with Gasteiger partial charge >= 0.3 is 114 Å². The number of rotatable bonds is 1. The molecule has 2 heteroatoms. The van der Waals surface area contributed by atoms with Gasteiger partial charge in [0.25, 0.3) is 0 Å². The predicted molar refractivity (Wildman–Crippen MR) is 73.6 cm³/mol. The second-order valence-corrected chi connectivity index (χ2v) is 8.73. The van der Waals surface area contributed by atoms with Gasteiger partial charge in [0.05, 0.1) is 0 Å². The van der Waals surface area contributed by atoms with E-state index in [2.05, 4.69) is 52.0 Å². The summed E-state index contributed by atoms with van der Waals surface area (Å²) in [6.45, 7) is 8.79. The molecule has 2 rings (SSSR count). The van der Waals surface area contributed by atoms with Gasteiger partial charge in [-0.05, 0) is 0 Å². The Bertz CT molecular complexity index is 456. The summed E-state index contributed by atoms with van der Waals surface area (Å²) >= 11 is -0.323. The van der Waals surface area contributed by atoms with Gasteiger partial charge in [-0.1, -0.05) is 0 Å². The van der Waals surface area contributed by atoms with Crippen LogP contribution in [-0.2, 0) is 5.60 Å². The molecule has 0 amide bonds. The van der Waals surface area contributed by atoms with Crippen molar-refractivity contribution in [1.82, 2.24) is 0 Å². The van der Waals surface area contributed by atoms with Crippen LogP contribution in [0.1, 0.15) is 39.7 Å². The first-order valence-corrected chi connectivity index (χ1v) is 8.43. The third kappa shape index (κ3) is 2.45. The summed E-state index contributed by atoms with van der Waals surface area (Å²) in [6, 6.07) is 8.39. The molecule has 17 heavy (non-hydrogen) atoms. The van der Waals surface area contributed by atoms with Crippen molar-refractivity contribution in [1.29, 1.82) is 0 Å². The Kier molecular flexibility index (Phi) is 3.42. The van der Waals surface area contributed by atoms with Crippen LogP contribution in [0.3, 0.4) is 0 Å². The van der Waals surface area contributed by atoms with Gasteiger partial charge in [-0.2, -0.15) is 0 Å². The molecule has 0 radical (unpaired) electrons. The van der Waals surface area contributed by atoms with E-state index in [9.17, 15) is 5.11 Å². The van der Waals surface area contributed by atoms with Gasteiger partial charge in [0.15, 0.2) is 0 Å². The fraction of sp³-hybridized carbons (Fsp3) is 0.467. The van der Waals surface area contributed by atoms with Crippen LogP contribution < -0.4 is 3.61 Å². The van der Waals surface area contributed by atoms with E-state index < -0.39 is 5.60 Å². The fourth-order valence-corrected chi connectivity index (χ4v) is 5.72. The zero-order valence-corrected chi connectivity index (χ0v) is 13.3. The van der Waals surface area contributed by atoms with E-state index in [4.69, 9.17) is 0 Å². The van der Waals surface area contributed by atoms with Gasteiger partial charge < -0.3 is 0 Å². The molecule has 1 nitrogen and oxygen atoms in total. The third-order valence-corrected chi connectivity index (χ3v) is 7.58. The van der Waals surface area contributed by atoms with Crippen LogP contribution >= 0.6 is 0 Å². The molecule has 92 valence electrons. The quantitative estimate of drug-likeness (QED) is 0.777. The summed E-state index contributed by atoms with van der Waals surface area (Å²) in [6.07, 6.45) is 2.88. The first-order valence-electron chi connectivity index (χ1n) is 6.10. The topological polar surface area (TPSA) is 20.2 Å². The van der Waals surface area contributed by atoms with Crippen LogP contribution in [0.5, 0.6) is 0 Å². The van der Waals surface area contributed by atoms with Crippen molar-refractivity contribution in [2.75, 3.05) is 0 Å². The molecule has 0 aromatic heterocycles. The van der Waals surface area contributed by atoms with Gasteiger partial charge in [-0.3, -0.25) is 0 Å². The van der Waals surface area contributed by atoms with Gasteiger partial charge in [0, 0.05) is 0 Å². The number of hydrogen-bond acceptors (Lipinski definition) is 1. The minimum atomic E-state index is -0.748. The number of allylic oxidation sites excluding steroid dienone is 1. The zero-order chi connectivity index (χ0) is 12.7. The van der Waals surface area contributed by atoms with Gasteiger partial charge in [0.1, 0.15) is 0 Å².